The van der Waals surface area contributed by atoms with Crippen LogP contribution in [0, 0.1) is 0 Å². The van der Waals surface area contributed by atoms with E-state index in [0.717, 1.165) is 24.2 Å². The lowest BCUT2D eigenvalue weighted by atomic mass is 9.88. The molecule has 0 radical (unpaired) electrons. The second-order valence-electron chi connectivity index (χ2n) is 7.19. The van der Waals surface area contributed by atoms with Crippen LogP contribution in [0.15, 0.2) is 72.8 Å². The van der Waals surface area contributed by atoms with Crippen molar-refractivity contribution in [1.82, 2.24) is 0 Å². The summed E-state index contributed by atoms with van der Waals surface area (Å²) in [4.78, 5) is 15.4. The van der Waals surface area contributed by atoms with Crippen LogP contribution in [0.4, 0.5) is 5.69 Å². The van der Waals surface area contributed by atoms with Gasteiger partial charge in [0.05, 0.1) is 20.3 Å². The first-order chi connectivity index (χ1) is 14.2. The van der Waals surface area contributed by atoms with Crippen molar-refractivity contribution in [3.63, 3.8) is 0 Å². The quantitative estimate of drug-likeness (QED) is 0.553. The van der Waals surface area contributed by atoms with Crippen molar-refractivity contribution < 1.29 is 14.3 Å². The van der Waals surface area contributed by atoms with Gasteiger partial charge in [0, 0.05) is 30.3 Å². The van der Waals surface area contributed by atoms with Gasteiger partial charge in [-0.1, -0.05) is 54.6 Å². The third-order valence-corrected chi connectivity index (χ3v) is 5.59. The highest BCUT2D eigenvalue weighted by atomic mass is 16.5. The van der Waals surface area contributed by atoms with Crippen molar-refractivity contribution in [1.29, 1.82) is 0 Å². The fourth-order valence-electron chi connectivity index (χ4n) is 4.10. The molecule has 1 aliphatic heterocycles. The number of nitrogens with zero attached hydrogens (tertiary/aromatic N) is 1. The van der Waals surface area contributed by atoms with Gasteiger partial charge >= 0.3 is 0 Å². The maximum Gasteiger partial charge on any atom is 0.165 e. The molecule has 0 aromatic heterocycles. The van der Waals surface area contributed by atoms with E-state index in [1.54, 1.807) is 14.2 Å². The maximum atomic E-state index is 13.1. The molecule has 4 rings (SSSR count). The molecule has 29 heavy (non-hydrogen) atoms. The highest BCUT2D eigenvalue weighted by Crippen LogP contribution is 2.39. The minimum Gasteiger partial charge on any atom is -0.493 e. The molecule has 0 saturated heterocycles. The first-order valence-electron chi connectivity index (χ1n) is 9.86. The second-order valence-corrected chi connectivity index (χ2v) is 7.19. The van der Waals surface area contributed by atoms with E-state index in [9.17, 15) is 4.79 Å². The van der Waals surface area contributed by atoms with Crippen LogP contribution >= 0.6 is 0 Å². The topological polar surface area (TPSA) is 38.8 Å². The average molecular weight is 387 g/mol. The third-order valence-electron chi connectivity index (χ3n) is 5.59. The van der Waals surface area contributed by atoms with Gasteiger partial charge in [0.2, 0.25) is 0 Å². The third kappa shape index (κ3) is 3.83. The molecule has 1 aliphatic rings. The number of ether oxygens (including phenoxy) is 2. The van der Waals surface area contributed by atoms with Crippen LogP contribution in [0.5, 0.6) is 11.5 Å². The van der Waals surface area contributed by atoms with Gasteiger partial charge in [0.15, 0.2) is 17.3 Å². The number of carbonyl (C=O) groups excluding carboxylic acids is 1. The van der Waals surface area contributed by atoms with E-state index >= 15 is 0 Å². The number of carbonyl (C=O) groups is 1. The number of hydrogen-bond acceptors (Lipinski definition) is 4. The van der Waals surface area contributed by atoms with Crippen molar-refractivity contribution in [2.75, 3.05) is 25.7 Å². The molecule has 0 N–H and O–H groups in total. The molecule has 3 aromatic rings. The van der Waals surface area contributed by atoms with Crippen molar-refractivity contribution in [3.8, 4) is 11.5 Å². The predicted octanol–water partition coefficient (Wildman–Crippen LogP) is 5.08. The molecule has 0 spiro atoms. The van der Waals surface area contributed by atoms with Gasteiger partial charge < -0.3 is 14.4 Å². The number of ketones is 1. The van der Waals surface area contributed by atoms with Crippen LogP contribution in [-0.2, 0) is 6.42 Å². The summed E-state index contributed by atoms with van der Waals surface area (Å²) < 4.78 is 10.9. The number of rotatable bonds is 6. The Bertz CT molecular complexity index is 1000. The van der Waals surface area contributed by atoms with E-state index in [0.29, 0.717) is 17.9 Å². The summed E-state index contributed by atoms with van der Waals surface area (Å²) >= 11 is 0. The molecule has 0 aliphatic carbocycles. The largest absolute Gasteiger partial charge is 0.493 e. The molecule has 0 bridgehead atoms. The van der Waals surface area contributed by atoms with Crippen molar-refractivity contribution in [2.45, 2.75) is 18.9 Å². The van der Waals surface area contributed by atoms with E-state index in [1.807, 2.05) is 48.5 Å². The minimum atomic E-state index is -0.0224. The molecule has 0 amide bonds. The Morgan fingerprint density at radius 2 is 1.66 bits per heavy atom. The molecule has 0 fully saturated rings. The van der Waals surface area contributed by atoms with Gasteiger partial charge in [0.25, 0.3) is 0 Å². The van der Waals surface area contributed by atoms with Gasteiger partial charge in [0.1, 0.15) is 0 Å². The monoisotopic (exact) mass is 387 g/mol. The number of hydrogen-bond donors (Lipinski definition) is 0. The minimum absolute atomic E-state index is 0.0224. The summed E-state index contributed by atoms with van der Waals surface area (Å²) in [5.74, 6) is 1.54. The van der Waals surface area contributed by atoms with E-state index in [2.05, 4.69) is 29.2 Å². The fraction of sp³-hybridized carbons (Fsp3) is 0.240. The van der Waals surface area contributed by atoms with E-state index in [4.69, 9.17) is 9.47 Å². The molecule has 3 aromatic carbocycles. The van der Waals surface area contributed by atoms with Crippen LogP contribution < -0.4 is 14.4 Å². The van der Waals surface area contributed by atoms with Crippen LogP contribution in [0.2, 0.25) is 0 Å². The van der Waals surface area contributed by atoms with Crippen LogP contribution in [0.3, 0.4) is 0 Å². The molecule has 0 saturated carbocycles. The highest BCUT2D eigenvalue weighted by molar-refractivity contribution is 5.96. The molecular formula is C25H25NO3. The van der Waals surface area contributed by atoms with Crippen LogP contribution in [0.1, 0.15) is 33.9 Å². The Balaban J connectivity index is 1.72. The molecule has 4 heteroatoms. The number of benzene rings is 3. The van der Waals surface area contributed by atoms with Crippen LogP contribution in [0.25, 0.3) is 0 Å². The average Bonchev–Trinajstić information content (AvgIpc) is 2.79. The van der Waals surface area contributed by atoms with Crippen molar-refractivity contribution in [2.24, 2.45) is 0 Å². The molecular weight excluding hydrogens is 362 g/mol. The van der Waals surface area contributed by atoms with Gasteiger partial charge in [-0.25, -0.2) is 0 Å². The van der Waals surface area contributed by atoms with E-state index in [-0.39, 0.29) is 11.8 Å². The summed E-state index contributed by atoms with van der Waals surface area (Å²) in [6.45, 7) is 0.846. The van der Waals surface area contributed by atoms with Crippen molar-refractivity contribution in [3.05, 3.63) is 89.5 Å². The zero-order chi connectivity index (χ0) is 20.2. The lowest BCUT2D eigenvalue weighted by molar-refractivity contribution is 0.0972. The van der Waals surface area contributed by atoms with Gasteiger partial charge in [-0.3, -0.25) is 4.79 Å². The van der Waals surface area contributed by atoms with Crippen molar-refractivity contribution >= 4 is 11.5 Å². The Kier molecular flexibility index (Phi) is 5.52. The summed E-state index contributed by atoms with van der Waals surface area (Å²) in [7, 11) is 3.28. The van der Waals surface area contributed by atoms with Crippen LogP contribution in [-0.4, -0.2) is 26.5 Å². The standard InChI is InChI=1S/C25H25NO3/c1-28-24-13-12-20(16-25(24)29-2)26-15-14-18-8-6-7-11-21(18)22(26)17-23(27)19-9-4-3-5-10-19/h3-13,16,22H,14-15,17H2,1-2H3. The summed E-state index contributed by atoms with van der Waals surface area (Å²) in [5.41, 5.74) is 4.32. The molecule has 1 unspecified atom stereocenters. The Labute approximate surface area is 171 Å². The fourth-order valence-corrected chi connectivity index (χ4v) is 4.10. The smallest absolute Gasteiger partial charge is 0.165 e. The Hall–Kier alpha value is -3.27. The number of methoxy groups -OCH3 is 2. The SMILES string of the molecule is COc1ccc(N2CCc3ccccc3C2CC(=O)c2ccccc2)cc1OC. The van der Waals surface area contributed by atoms with Gasteiger partial charge in [-0.2, -0.15) is 0 Å². The number of anilines is 1. The molecule has 1 atom stereocenters. The lowest BCUT2D eigenvalue weighted by Gasteiger charge is -2.39. The normalized spacial score (nSPS) is 15.5. The zero-order valence-electron chi connectivity index (χ0n) is 16.8. The summed E-state index contributed by atoms with van der Waals surface area (Å²) in [5, 5.41) is 0. The number of Topliss-reactive ketones (excluding diaryl/α,β-unsaturated/α-hetero) is 1. The second kappa shape index (κ2) is 8.39. The first-order valence-corrected chi connectivity index (χ1v) is 9.86. The summed E-state index contributed by atoms with van der Waals surface area (Å²) in [6, 6.07) is 23.9. The van der Waals surface area contributed by atoms with E-state index < -0.39 is 0 Å². The van der Waals surface area contributed by atoms with Gasteiger partial charge in [-0.15, -0.1) is 0 Å². The number of fused-ring (bicyclic) bond motifs is 1. The molecule has 148 valence electrons. The van der Waals surface area contributed by atoms with Gasteiger partial charge in [-0.05, 0) is 29.7 Å². The first kappa shape index (κ1) is 19.1. The Morgan fingerprint density at radius 3 is 2.41 bits per heavy atom. The molecule has 4 nitrogen and oxygen atoms in total. The Morgan fingerprint density at radius 1 is 0.931 bits per heavy atom. The highest BCUT2D eigenvalue weighted by Gasteiger charge is 2.30. The molecule has 1 heterocycles. The zero-order valence-corrected chi connectivity index (χ0v) is 16.8. The predicted molar refractivity (Wildman–Crippen MR) is 115 cm³/mol. The van der Waals surface area contributed by atoms with E-state index in [1.165, 1.54) is 11.1 Å². The maximum absolute atomic E-state index is 13.1. The summed E-state index contributed by atoms with van der Waals surface area (Å²) in [6.07, 6.45) is 1.37. The lowest BCUT2D eigenvalue weighted by Crippen LogP contribution is -2.36.